The van der Waals surface area contributed by atoms with Gasteiger partial charge in [-0.1, -0.05) is 0 Å². The highest BCUT2D eigenvalue weighted by atomic mass is 32.3. The first-order valence-corrected chi connectivity index (χ1v) is 4.82. The number of nitrogens with two attached hydrogens (primary N) is 1. The molecule has 1 aromatic carbocycles. The van der Waals surface area contributed by atoms with E-state index in [1.807, 2.05) is 0 Å². The molecule has 0 bridgehead atoms. The number of hydrogen-bond donors (Lipinski definition) is 2. The van der Waals surface area contributed by atoms with Gasteiger partial charge < -0.3 is 9.92 Å². The molecule has 0 heterocycles. The number of benzene rings is 1. The van der Waals surface area contributed by atoms with E-state index in [0.717, 1.165) is 0 Å². The van der Waals surface area contributed by atoms with Crippen LogP contribution in [0.3, 0.4) is 0 Å². The predicted molar refractivity (Wildman–Crippen MR) is 47.8 cm³/mol. The van der Waals surface area contributed by atoms with Gasteiger partial charge in [0.15, 0.2) is 0 Å². The summed E-state index contributed by atoms with van der Waals surface area (Å²) in [6.45, 7) is 0. The van der Waals surface area contributed by atoms with Gasteiger partial charge in [-0.15, -0.1) is 0 Å². The number of nitrogen functional groups attached to an aromatic ring is 1. The second-order valence-electron chi connectivity index (χ2n) is 2.42. The van der Waals surface area contributed by atoms with E-state index >= 15 is 0 Å². The van der Waals surface area contributed by atoms with Crippen LogP contribution in [0, 0.1) is 0 Å². The van der Waals surface area contributed by atoms with Gasteiger partial charge in [-0.25, -0.2) is 4.79 Å². The minimum absolute atomic E-state index is 0.0168. The summed E-state index contributed by atoms with van der Waals surface area (Å²) in [6, 6.07) is 5.37. The number of hydrogen-bond acceptors (Lipinski definition) is 5. The number of anilines is 1. The van der Waals surface area contributed by atoms with Gasteiger partial charge in [0, 0.05) is 5.69 Å². The van der Waals surface area contributed by atoms with Crippen LogP contribution in [-0.2, 0) is 14.6 Å². The van der Waals surface area contributed by atoms with Crippen LogP contribution in [0.15, 0.2) is 24.3 Å². The van der Waals surface area contributed by atoms with Crippen molar-refractivity contribution in [3.05, 3.63) is 29.8 Å². The van der Waals surface area contributed by atoms with Crippen molar-refractivity contribution in [1.82, 2.24) is 0 Å². The van der Waals surface area contributed by atoms with Gasteiger partial charge in [0.05, 0.1) is 5.56 Å². The molecule has 0 aliphatic carbocycles. The van der Waals surface area contributed by atoms with Gasteiger partial charge in [-0.3, -0.25) is 4.55 Å². The average molecular weight is 217 g/mol. The molecule has 6 nitrogen and oxygen atoms in total. The van der Waals surface area contributed by atoms with Crippen molar-refractivity contribution in [2.45, 2.75) is 0 Å². The lowest BCUT2D eigenvalue weighted by Gasteiger charge is -1.99. The van der Waals surface area contributed by atoms with E-state index in [1.54, 1.807) is 0 Å². The highest BCUT2D eigenvalue weighted by Gasteiger charge is 2.14. The first-order chi connectivity index (χ1) is 6.38. The molecule has 14 heavy (non-hydrogen) atoms. The summed E-state index contributed by atoms with van der Waals surface area (Å²) < 4.78 is 32.3. The van der Waals surface area contributed by atoms with Gasteiger partial charge in [-0.2, -0.15) is 8.42 Å². The van der Waals surface area contributed by atoms with Gasteiger partial charge in [0.1, 0.15) is 0 Å². The highest BCUT2D eigenvalue weighted by molar-refractivity contribution is 7.81. The molecule has 1 rings (SSSR count). The topological polar surface area (TPSA) is 107 Å². The third-order valence-electron chi connectivity index (χ3n) is 1.33. The lowest BCUT2D eigenvalue weighted by Crippen LogP contribution is -2.11. The second-order valence-corrected chi connectivity index (χ2v) is 3.44. The predicted octanol–water partition coefficient (Wildman–Crippen LogP) is 0.228. The van der Waals surface area contributed by atoms with Crippen LogP contribution in [0.25, 0.3) is 0 Å². The van der Waals surface area contributed by atoms with Crippen molar-refractivity contribution in [1.29, 1.82) is 0 Å². The van der Waals surface area contributed by atoms with Crippen molar-refractivity contribution >= 4 is 22.1 Å². The Bertz CT molecular complexity index is 436. The fourth-order valence-electron chi connectivity index (χ4n) is 0.763. The maximum absolute atomic E-state index is 11.0. The summed E-state index contributed by atoms with van der Waals surface area (Å²) in [5.41, 5.74) is 5.74. The fourth-order valence-corrected chi connectivity index (χ4v) is 1.05. The van der Waals surface area contributed by atoms with E-state index in [4.69, 9.17) is 10.3 Å². The zero-order valence-corrected chi connectivity index (χ0v) is 7.69. The molecule has 0 aliphatic rings. The Morgan fingerprint density at radius 1 is 1.29 bits per heavy atom. The molecule has 0 spiro atoms. The third-order valence-corrected chi connectivity index (χ3v) is 1.69. The van der Waals surface area contributed by atoms with E-state index < -0.39 is 16.4 Å². The Labute approximate surface area is 80.2 Å². The smallest absolute Gasteiger partial charge is 0.399 e. The van der Waals surface area contributed by atoms with E-state index in [9.17, 15) is 13.2 Å². The van der Waals surface area contributed by atoms with Crippen LogP contribution < -0.4 is 5.73 Å². The van der Waals surface area contributed by atoms with Crippen LogP contribution in [0.4, 0.5) is 5.69 Å². The third kappa shape index (κ3) is 3.04. The standard InChI is InChI=1S/C7H7NO5S/c8-6-3-1-5(2-4-6)7(9)13-14(10,11)12/h1-4H,8H2,(H,10,11,12). The number of rotatable bonds is 2. The SMILES string of the molecule is Nc1ccc(C(=O)OS(=O)(=O)O)cc1. The van der Waals surface area contributed by atoms with Crippen molar-refractivity contribution in [3.63, 3.8) is 0 Å². The molecule has 0 aliphatic heterocycles. The second kappa shape index (κ2) is 3.64. The van der Waals surface area contributed by atoms with Gasteiger partial charge >= 0.3 is 16.4 Å². The van der Waals surface area contributed by atoms with Gasteiger partial charge in [0.2, 0.25) is 0 Å². The molecule has 0 fully saturated rings. The molecule has 7 heteroatoms. The average Bonchev–Trinajstić information content (AvgIpc) is 2.02. The van der Waals surface area contributed by atoms with Gasteiger partial charge in [-0.05, 0) is 24.3 Å². The lowest BCUT2D eigenvalue weighted by atomic mass is 10.2. The Morgan fingerprint density at radius 2 is 1.79 bits per heavy atom. The summed E-state index contributed by atoms with van der Waals surface area (Å²) in [5.74, 6) is -1.16. The minimum Gasteiger partial charge on any atom is -0.399 e. The summed E-state index contributed by atoms with van der Waals surface area (Å²) >= 11 is 0. The van der Waals surface area contributed by atoms with E-state index in [0.29, 0.717) is 5.69 Å². The molecular weight excluding hydrogens is 210 g/mol. The molecule has 3 N–H and O–H groups in total. The first kappa shape index (κ1) is 10.5. The maximum atomic E-state index is 11.0. The molecule has 1 aromatic rings. The van der Waals surface area contributed by atoms with E-state index in [-0.39, 0.29) is 5.56 Å². The van der Waals surface area contributed by atoms with Crippen LogP contribution >= 0.6 is 0 Å². The molecular formula is C7H7NO5S. The molecule has 0 atom stereocenters. The Morgan fingerprint density at radius 3 is 2.21 bits per heavy atom. The molecule has 0 saturated carbocycles. The molecule has 0 radical (unpaired) electrons. The monoisotopic (exact) mass is 217 g/mol. The van der Waals surface area contributed by atoms with Crippen molar-refractivity contribution < 1.29 is 21.9 Å². The van der Waals surface area contributed by atoms with E-state index in [2.05, 4.69) is 4.18 Å². The van der Waals surface area contributed by atoms with Crippen LogP contribution in [0.1, 0.15) is 10.4 Å². The Kier molecular flexibility index (Phi) is 2.73. The molecule has 0 aromatic heterocycles. The van der Waals surface area contributed by atoms with Crippen LogP contribution in [0.2, 0.25) is 0 Å². The molecule has 0 unspecified atom stereocenters. The first-order valence-electron chi connectivity index (χ1n) is 3.45. The Hall–Kier alpha value is -1.60. The fraction of sp³-hybridized carbons (Fsp3) is 0. The molecule has 0 amide bonds. The van der Waals surface area contributed by atoms with Crippen molar-refractivity contribution in [3.8, 4) is 0 Å². The molecule has 76 valence electrons. The summed E-state index contributed by atoms with van der Waals surface area (Å²) in [5, 5.41) is 0. The quantitative estimate of drug-likeness (QED) is 0.542. The van der Waals surface area contributed by atoms with Crippen LogP contribution in [-0.4, -0.2) is 18.9 Å². The minimum atomic E-state index is -4.76. The van der Waals surface area contributed by atoms with Crippen molar-refractivity contribution in [2.24, 2.45) is 0 Å². The lowest BCUT2D eigenvalue weighted by molar-refractivity contribution is 0.0727. The summed E-state index contributed by atoms with van der Waals surface area (Å²) in [4.78, 5) is 11.0. The highest BCUT2D eigenvalue weighted by Crippen LogP contribution is 2.07. The summed E-state index contributed by atoms with van der Waals surface area (Å²) in [6.07, 6.45) is 0. The van der Waals surface area contributed by atoms with Crippen molar-refractivity contribution in [2.75, 3.05) is 5.73 Å². The zero-order valence-electron chi connectivity index (χ0n) is 6.88. The van der Waals surface area contributed by atoms with E-state index in [1.165, 1.54) is 24.3 Å². The van der Waals surface area contributed by atoms with Crippen LogP contribution in [0.5, 0.6) is 0 Å². The summed E-state index contributed by atoms with van der Waals surface area (Å²) in [7, 11) is -4.76. The Balaban J connectivity index is 2.86. The van der Waals surface area contributed by atoms with Gasteiger partial charge in [0.25, 0.3) is 0 Å². The normalized spacial score (nSPS) is 10.9. The number of carbonyl (C=O) groups excluding carboxylic acids is 1. The zero-order chi connectivity index (χ0) is 10.8. The molecule has 0 saturated heterocycles. The number of carbonyl (C=O) groups is 1. The maximum Gasteiger partial charge on any atom is 0.449 e. The largest absolute Gasteiger partial charge is 0.449 e.